The number of benzene rings is 2. The largest absolute Gasteiger partial charge is 0.444 e. The zero-order valence-electron chi connectivity index (χ0n) is 15.2. The van der Waals surface area contributed by atoms with E-state index in [9.17, 15) is 4.79 Å². The standard InChI is InChI=1S/C22H21N4O/c1-2-21-20(15-18-9-5-3-6-10-18)24-17-26(21,19-11-7-4-8-12-19)22(27)25-14-13-23-16-25/h3-14,16-17H,2,15H2,1H3/q+1. The number of hydrogen-bond acceptors (Lipinski definition) is 3. The van der Waals surface area contributed by atoms with Crippen molar-refractivity contribution in [2.45, 2.75) is 19.8 Å². The summed E-state index contributed by atoms with van der Waals surface area (Å²) in [6.07, 6.45) is 8.02. The van der Waals surface area contributed by atoms with Crippen LogP contribution in [0, 0.1) is 0 Å². The van der Waals surface area contributed by atoms with Crippen LogP contribution in [0.4, 0.5) is 10.5 Å². The minimum atomic E-state index is -0.109. The number of rotatable bonds is 4. The molecule has 5 heteroatoms. The van der Waals surface area contributed by atoms with Gasteiger partial charge in [-0.3, -0.25) is 0 Å². The summed E-state index contributed by atoms with van der Waals surface area (Å²) in [5.41, 5.74) is 3.99. The minimum Gasteiger partial charge on any atom is -0.245 e. The molecular formula is C22H21N4O+. The number of carbonyl (C=O) groups excluding carboxylic acids is 1. The second-order valence-corrected chi connectivity index (χ2v) is 6.46. The third-order valence-corrected chi connectivity index (χ3v) is 4.89. The predicted octanol–water partition coefficient (Wildman–Crippen LogP) is 4.76. The highest BCUT2D eigenvalue weighted by Crippen LogP contribution is 2.37. The van der Waals surface area contributed by atoms with Gasteiger partial charge in [0.25, 0.3) is 0 Å². The Bertz CT molecular complexity index is 991. The van der Waals surface area contributed by atoms with Crippen LogP contribution in [-0.2, 0) is 6.42 Å². The topological polar surface area (TPSA) is 47.2 Å². The summed E-state index contributed by atoms with van der Waals surface area (Å²) in [6.45, 7) is 2.08. The van der Waals surface area contributed by atoms with E-state index in [1.54, 1.807) is 25.1 Å². The number of aromatic nitrogens is 2. The number of aliphatic imine (C=N–C) groups is 1. The summed E-state index contributed by atoms with van der Waals surface area (Å²) >= 11 is 0. The Morgan fingerprint density at radius 2 is 1.74 bits per heavy atom. The Balaban J connectivity index is 1.86. The molecule has 2 heterocycles. The van der Waals surface area contributed by atoms with Crippen molar-refractivity contribution < 1.29 is 4.79 Å². The number of allylic oxidation sites excluding steroid dienone is 2. The van der Waals surface area contributed by atoms with Gasteiger partial charge in [-0.05, 0) is 5.56 Å². The predicted molar refractivity (Wildman–Crippen MR) is 107 cm³/mol. The van der Waals surface area contributed by atoms with E-state index in [0.717, 1.165) is 23.5 Å². The highest BCUT2D eigenvalue weighted by molar-refractivity contribution is 6.06. The first-order valence-electron chi connectivity index (χ1n) is 9.04. The lowest BCUT2D eigenvalue weighted by atomic mass is 10.1. The number of imidazole rings is 1. The molecule has 5 nitrogen and oxygen atoms in total. The van der Waals surface area contributed by atoms with Gasteiger partial charge in [-0.1, -0.05) is 55.5 Å². The molecular weight excluding hydrogens is 336 g/mol. The average Bonchev–Trinajstić information content (AvgIpc) is 3.38. The molecule has 1 unspecified atom stereocenters. The van der Waals surface area contributed by atoms with E-state index in [1.807, 2.05) is 48.5 Å². The monoisotopic (exact) mass is 357 g/mol. The van der Waals surface area contributed by atoms with Crippen molar-refractivity contribution in [3.05, 3.63) is 96.3 Å². The van der Waals surface area contributed by atoms with Crippen molar-refractivity contribution in [1.29, 1.82) is 0 Å². The van der Waals surface area contributed by atoms with Crippen LogP contribution in [-0.4, -0.2) is 21.9 Å². The molecule has 1 aromatic heterocycles. The third-order valence-electron chi connectivity index (χ3n) is 4.89. The molecule has 27 heavy (non-hydrogen) atoms. The van der Waals surface area contributed by atoms with Crippen molar-refractivity contribution in [3.8, 4) is 0 Å². The summed E-state index contributed by atoms with van der Waals surface area (Å²) in [6, 6.07) is 19.9. The minimum absolute atomic E-state index is 0.0319. The molecule has 1 amide bonds. The summed E-state index contributed by atoms with van der Waals surface area (Å²) in [5, 5.41) is 0. The van der Waals surface area contributed by atoms with Gasteiger partial charge in [0.15, 0.2) is 11.4 Å². The Labute approximate surface area is 158 Å². The molecule has 0 radical (unpaired) electrons. The van der Waals surface area contributed by atoms with Crippen molar-refractivity contribution in [2.75, 3.05) is 0 Å². The molecule has 0 N–H and O–H groups in total. The molecule has 1 aliphatic heterocycles. The smallest absolute Gasteiger partial charge is 0.245 e. The lowest BCUT2D eigenvalue weighted by Crippen LogP contribution is -2.52. The van der Waals surface area contributed by atoms with Gasteiger partial charge < -0.3 is 0 Å². The van der Waals surface area contributed by atoms with E-state index < -0.39 is 0 Å². The van der Waals surface area contributed by atoms with Gasteiger partial charge in [0.05, 0.1) is 0 Å². The number of carbonyl (C=O) groups is 1. The molecule has 4 rings (SSSR count). The van der Waals surface area contributed by atoms with Crippen molar-refractivity contribution >= 4 is 18.1 Å². The van der Waals surface area contributed by atoms with Crippen LogP contribution in [0.15, 0.2) is 95.8 Å². The summed E-state index contributed by atoms with van der Waals surface area (Å²) in [7, 11) is 0. The van der Waals surface area contributed by atoms with Gasteiger partial charge in [0.1, 0.15) is 12.0 Å². The highest BCUT2D eigenvalue weighted by atomic mass is 16.2. The zero-order valence-corrected chi connectivity index (χ0v) is 15.2. The SMILES string of the molecule is CCC1=C(Cc2ccccc2)N=C[N+]1(C(=O)n1ccnc1)c1ccccc1. The summed E-state index contributed by atoms with van der Waals surface area (Å²) in [4.78, 5) is 22.3. The molecule has 1 atom stereocenters. The van der Waals surface area contributed by atoms with Gasteiger partial charge in [0, 0.05) is 37.4 Å². The fourth-order valence-corrected chi connectivity index (χ4v) is 3.61. The van der Waals surface area contributed by atoms with E-state index in [0.29, 0.717) is 6.42 Å². The number of para-hydroxylation sites is 1. The molecule has 1 aliphatic rings. The van der Waals surface area contributed by atoms with Crippen molar-refractivity contribution in [3.63, 3.8) is 0 Å². The number of hydrogen-bond donors (Lipinski definition) is 0. The fourth-order valence-electron chi connectivity index (χ4n) is 3.61. The van der Waals surface area contributed by atoms with Gasteiger partial charge in [-0.15, -0.1) is 4.48 Å². The molecule has 3 aromatic rings. The van der Waals surface area contributed by atoms with Crippen LogP contribution < -0.4 is 4.48 Å². The second-order valence-electron chi connectivity index (χ2n) is 6.46. The van der Waals surface area contributed by atoms with Crippen LogP contribution in [0.5, 0.6) is 0 Å². The first kappa shape index (κ1) is 17.1. The summed E-state index contributed by atoms with van der Waals surface area (Å²) in [5.74, 6) is 0. The third kappa shape index (κ3) is 2.92. The number of amides is 1. The molecule has 0 fully saturated rings. The van der Waals surface area contributed by atoms with Crippen LogP contribution in [0.3, 0.4) is 0 Å². The van der Waals surface area contributed by atoms with Crippen LogP contribution in [0.1, 0.15) is 18.9 Å². The van der Waals surface area contributed by atoms with E-state index in [-0.39, 0.29) is 10.5 Å². The van der Waals surface area contributed by atoms with Crippen molar-refractivity contribution in [2.24, 2.45) is 4.99 Å². The lowest BCUT2D eigenvalue weighted by molar-refractivity contribution is 0.229. The van der Waals surface area contributed by atoms with Crippen LogP contribution in [0.25, 0.3) is 0 Å². The Hall–Kier alpha value is -3.31. The van der Waals surface area contributed by atoms with Crippen molar-refractivity contribution in [1.82, 2.24) is 14.0 Å². The maximum atomic E-state index is 13.6. The molecule has 0 aliphatic carbocycles. The zero-order chi connectivity index (χ0) is 18.7. The summed E-state index contributed by atoms with van der Waals surface area (Å²) < 4.78 is 1.50. The van der Waals surface area contributed by atoms with E-state index in [1.165, 1.54) is 10.1 Å². The molecule has 0 saturated carbocycles. The lowest BCUT2D eigenvalue weighted by Gasteiger charge is -2.29. The maximum Gasteiger partial charge on any atom is 0.444 e. The fraction of sp³-hybridized carbons (Fsp3) is 0.136. The van der Waals surface area contributed by atoms with Gasteiger partial charge in [-0.25, -0.2) is 19.3 Å². The quantitative estimate of drug-likeness (QED) is 0.632. The molecule has 0 saturated heterocycles. The van der Waals surface area contributed by atoms with Gasteiger partial charge >= 0.3 is 6.03 Å². The van der Waals surface area contributed by atoms with E-state index >= 15 is 0 Å². The molecule has 2 aromatic carbocycles. The Morgan fingerprint density at radius 1 is 1.04 bits per heavy atom. The molecule has 134 valence electrons. The van der Waals surface area contributed by atoms with Crippen LogP contribution in [0.2, 0.25) is 0 Å². The average molecular weight is 357 g/mol. The first-order chi connectivity index (χ1) is 13.3. The normalized spacial score (nSPS) is 18.9. The second kappa shape index (κ2) is 7.13. The Kier molecular flexibility index (Phi) is 4.52. The van der Waals surface area contributed by atoms with Crippen LogP contribution >= 0.6 is 0 Å². The maximum absolute atomic E-state index is 13.6. The molecule has 0 spiro atoms. The number of quaternary nitrogens is 1. The van der Waals surface area contributed by atoms with E-state index in [2.05, 4.69) is 24.0 Å². The highest BCUT2D eigenvalue weighted by Gasteiger charge is 2.48. The first-order valence-corrected chi connectivity index (χ1v) is 9.04. The van der Waals surface area contributed by atoms with E-state index in [4.69, 9.17) is 4.99 Å². The molecule has 0 bridgehead atoms. The van der Waals surface area contributed by atoms with Gasteiger partial charge in [0.2, 0.25) is 6.34 Å². The Morgan fingerprint density at radius 3 is 2.37 bits per heavy atom. The van der Waals surface area contributed by atoms with Gasteiger partial charge in [-0.2, -0.15) is 0 Å². The number of nitrogens with zero attached hydrogens (tertiary/aromatic N) is 4.